The summed E-state index contributed by atoms with van der Waals surface area (Å²) >= 11 is 0. The largest absolute Gasteiger partial charge is 0.465 e. The lowest BCUT2D eigenvalue weighted by atomic mass is 9.97. The molecule has 0 radical (unpaired) electrons. The van der Waals surface area contributed by atoms with E-state index in [1.54, 1.807) is 21.7 Å². The van der Waals surface area contributed by atoms with Crippen LogP contribution in [0.4, 0.5) is 4.39 Å². The maximum atomic E-state index is 13.7. The summed E-state index contributed by atoms with van der Waals surface area (Å²) in [5.74, 6) is -1.07. The van der Waals surface area contributed by atoms with Crippen LogP contribution >= 0.6 is 0 Å². The number of aromatic nitrogens is 2. The summed E-state index contributed by atoms with van der Waals surface area (Å²) in [6.45, 7) is 3.20. The van der Waals surface area contributed by atoms with Crippen LogP contribution in [-0.4, -0.2) is 46.8 Å². The maximum absolute atomic E-state index is 13.7. The fraction of sp³-hybridized carbons (Fsp3) is 0.421. The zero-order valence-corrected chi connectivity index (χ0v) is 15.2. The molecule has 1 saturated heterocycles. The van der Waals surface area contributed by atoms with Crippen molar-refractivity contribution >= 4 is 11.9 Å². The number of carbonyl (C=O) groups is 2. The van der Waals surface area contributed by atoms with Gasteiger partial charge in [0.25, 0.3) is 5.91 Å². The topological polar surface area (TPSA) is 64.4 Å². The number of rotatable bonds is 4. The van der Waals surface area contributed by atoms with E-state index in [9.17, 15) is 14.0 Å². The predicted octanol–water partition coefficient (Wildman–Crippen LogP) is 2.36. The molecule has 1 aromatic heterocycles. The molecule has 138 valence electrons. The number of hydrogen-bond donors (Lipinski definition) is 0. The summed E-state index contributed by atoms with van der Waals surface area (Å²) in [5.41, 5.74) is 2.20. The van der Waals surface area contributed by atoms with Gasteiger partial charge in [0.05, 0.1) is 12.7 Å². The quantitative estimate of drug-likeness (QED) is 0.786. The second-order valence-electron chi connectivity index (χ2n) is 6.71. The molecule has 1 amide bonds. The molecule has 2 heterocycles. The molecule has 0 aliphatic carbocycles. The molecule has 0 saturated carbocycles. The molecule has 7 heteroatoms. The van der Waals surface area contributed by atoms with Crippen molar-refractivity contribution in [3.05, 3.63) is 52.6 Å². The van der Waals surface area contributed by atoms with Crippen molar-refractivity contribution in [1.29, 1.82) is 0 Å². The molecule has 1 unspecified atom stereocenters. The summed E-state index contributed by atoms with van der Waals surface area (Å²) in [6, 6.07) is 6.29. The van der Waals surface area contributed by atoms with Crippen molar-refractivity contribution in [2.24, 2.45) is 13.0 Å². The van der Waals surface area contributed by atoms with Crippen LogP contribution in [0, 0.1) is 18.7 Å². The van der Waals surface area contributed by atoms with Crippen molar-refractivity contribution in [2.45, 2.75) is 19.8 Å². The minimum Gasteiger partial charge on any atom is -0.465 e. The van der Waals surface area contributed by atoms with Gasteiger partial charge in [-0.15, -0.1) is 0 Å². The van der Waals surface area contributed by atoms with Gasteiger partial charge in [0.15, 0.2) is 5.69 Å². The summed E-state index contributed by atoms with van der Waals surface area (Å²) in [7, 11) is 3.04. The van der Waals surface area contributed by atoms with E-state index in [-0.39, 0.29) is 17.4 Å². The highest BCUT2D eigenvalue weighted by Gasteiger charge is 2.28. The number of aryl methyl sites for hydroxylation is 2. The molecular weight excluding hydrogens is 337 g/mol. The highest BCUT2D eigenvalue weighted by atomic mass is 19.1. The van der Waals surface area contributed by atoms with E-state index in [0.29, 0.717) is 25.2 Å². The van der Waals surface area contributed by atoms with E-state index in [1.807, 2.05) is 14.0 Å². The van der Waals surface area contributed by atoms with E-state index in [2.05, 4.69) is 9.84 Å². The zero-order valence-electron chi connectivity index (χ0n) is 15.2. The molecule has 0 bridgehead atoms. The van der Waals surface area contributed by atoms with Crippen molar-refractivity contribution in [3.8, 4) is 0 Å². The Morgan fingerprint density at radius 3 is 2.77 bits per heavy atom. The number of carbonyl (C=O) groups excluding carboxylic acids is 2. The molecule has 2 aromatic rings. The summed E-state index contributed by atoms with van der Waals surface area (Å²) in [6.07, 6.45) is 1.54. The van der Waals surface area contributed by atoms with Gasteiger partial charge in [0.1, 0.15) is 5.82 Å². The van der Waals surface area contributed by atoms with Crippen LogP contribution in [-0.2, 0) is 18.2 Å². The first-order valence-corrected chi connectivity index (χ1v) is 8.55. The minimum absolute atomic E-state index is 0.0557. The molecule has 1 aliphatic heterocycles. The second-order valence-corrected chi connectivity index (χ2v) is 6.71. The second kappa shape index (κ2) is 7.27. The van der Waals surface area contributed by atoms with Crippen LogP contribution in [0.3, 0.4) is 0 Å². The smallest absolute Gasteiger partial charge is 0.340 e. The van der Waals surface area contributed by atoms with Crippen LogP contribution in [0.5, 0.6) is 0 Å². The Bertz CT molecular complexity index is 827. The zero-order chi connectivity index (χ0) is 18.8. The van der Waals surface area contributed by atoms with Gasteiger partial charge in [-0.1, -0.05) is 6.07 Å². The van der Waals surface area contributed by atoms with Crippen molar-refractivity contribution in [1.82, 2.24) is 14.7 Å². The Morgan fingerprint density at radius 1 is 1.35 bits per heavy atom. The van der Waals surface area contributed by atoms with Gasteiger partial charge >= 0.3 is 5.97 Å². The lowest BCUT2D eigenvalue weighted by Gasteiger charge is -2.15. The first kappa shape index (κ1) is 18.1. The summed E-state index contributed by atoms with van der Waals surface area (Å²) < 4.78 is 20.0. The van der Waals surface area contributed by atoms with Gasteiger partial charge in [-0.2, -0.15) is 5.10 Å². The highest BCUT2D eigenvalue weighted by Crippen LogP contribution is 2.23. The number of esters is 1. The molecule has 1 aliphatic rings. The SMILES string of the molecule is COC(=O)c1cc(CC2CCN(C(=O)c3cc(C)n(C)n3)C2)ccc1F. The number of hydrogen-bond acceptors (Lipinski definition) is 4. The number of nitrogens with zero attached hydrogens (tertiary/aromatic N) is 3. The van der Waals surface area contributed by atoms with Crippen LogP contribution in [0.1, 0.15) is 38.5 Å². The highest BCUT2D eigenvalue weighted by molar-refractivity contribution is 5.92. The van der Waals surface area contributed by atoms with Crippen LogP contribution in [0.25, 0.3) is 0 Å². The van der Waals surface area contributed by atoms with Gasteiger partial charge in [-0.3, -0.25) is 9.48 Å². The van der Waals surface area contributed by atoms with Gasteiger partial charge in [-0.05, 0) is 49.4 Å². The maximum Gasteiger partial charge on any atom is 0.340 e. The normalized spacial score (nSPS) is 16.8. The number of benzene rings is 1. The van der Waals surface area contributed by atoms with E-state index in [1.165, 1.54) is 19.2 Å². The van der Waals surface area contributed by atoms with Crippen LogP contribution in [0.2, 0.25) is 0 Å². The van der Waals surface area contributed by atoms with E-state index in [0.717, 1.165) is 17.7 Å². The van der Waals surface area contributed by atoms with E-state index in [4.69, 9.17) is 0 Å². The van der Waals surface area contributed by atoms with Crippen molar-refractivity contribution in [3.63, 3.8) is 0 Å². The Kier molecular flexibility index (Phi) is 5.06. The molecular formula is C19H22FN3O3. The van der Waals surface area contributed by atoms with Gasteiger partial charge in [0, 0.05) is 25.8 Å². The standard InChI is InChI=1S/C19H22FN3O3/c1-12-8-17(21-22(12)2)18(24)23-7-6-14(11-23)9-13-4-5-16(20)15(10-13)19(25)26-3/h4-5,8,10,14H,6-7,9,11H2,1-3H3. The van der Waals surface area contributed by atoms with Crippen LogP contribution < -0.4 is 0 Å². The Morgan fingerprint density at radius 2 is 2.12 bits per heavy atom. The fourth-order valence-corrected chi connectivity index (χ4v) is 3.31. The Hall–Kier alpha value is -2.70. The minimum atomic E-state index is -0.682. The number of halogens is 1. The molecule has 1 atom stereocenters. The third-order valence-corrected chi connectivity index (χ3v) is 4.87. The Balaban J connectivity index is 1.66. The van der Waals surface area contributed by atoms with Crippen molar-refractivity contribution < 1.29 is 18.7 Å². The monoisotopic (exact) mass is 359 g/mol. The number of amides is 1. The first-order valence-electron chi connectivity index (χ1n) is 8.55. The first-order chi connectivity index (χ1) is 12.4. The van der Waals surface area contributed by atoms with E-state index < -0.39 is 11.8 Å². The number of methoxy groups -OCH3 is 1. The Labute approximate surface area is 151 Å². The average Bonchev–Trinajstić information content (AvgIpc) is 3.22. The molecule has 1 fully saturated rings. The lowest BCUT2D eigenvalue weighted by molar-refractivity contribution is 0.0595. The molecule has 3 rings (SSSR count). The molecule has 0 spiro atoms. The molecule has 1 aromatic carbocycles. The lowest BCUT2D eigenvalue weighted by Crippen LogP contribution is -2.29. The fourth-order valence-electron chi connectivity index (χ4n) is 3.31. The van der Waals surface area contributed by atoms with Gasteiger partial charge in [-0.25, -0.2) is 9.18 Å². The molecule has 0 N–H and O–H groups in total. The average molecular weight is 359 g/mol. The summed E-state index contributed by atoms with van der Waals surface area (Å²) in [5, 5.41) is 4.25. The predicted molar refractivity (Wildman–Crippen MR) is 93.4 cm³/mol. The number of ether oxygens (including phenoxy) is 1. The van der Waals surface area contributed by atoms with Gasteiger partial charge < -0.3 is 9.64 Å². The van der Waals surface area contributed by atoms with Gasteiger partial charge in [0.2, 0.25) is 0 Å². The van der Waals surface area contributed by atoms with E-state index >= 15 is 0 Å². The molecule has 26 heavy (non-hydrogen) atoms. The third kappa shape index (κ3) is 3.61. The molecule has 6 nitrogen and oxygen atoms in total. The van der Waals surface area contributed by atoms with Crippen LogP contribution in [0.15, 0.2) is 24.3 Å². The number of likely N-dealkylation sites (tertiary alicyclic amines) is 1. The van der Waals surface area contributed by atoms with Crippen molar-refractivity contribution in [2.75, 3.05) is 20.2 Å². The third-order valence-electron chi connectivity index (χ3n) is 4.87. The summed E-state index contributed by atoms with van der Waals surface area (Å²) in [4.78, 5) is 26.0.